The van der Waals surface area contributed by atoms with Crippen LogP contribution < -0.4 is 10.2 Å². The molecule has 0 amide bonds. The number of hydrogen-bond donors (Lipinski definition) is 1. The maximum Gasteiger partial charge on any atom is 0.220 e. The molecule has 0 radical (unpaired) electrons. The number of anilines is 1. The van der Waals surface area contributed by atoms with Crippen molar-refractivity contribution in [3.05, 3.63) is 54.1 Å². The van der Waals surface area contributed by atoms with Gasteiger partial charge in [0, 0.05) is 54.7 Å². The van der Waals surface area contributed by atoms with Gasteiger partial charge < -0.3 is 10.2 Å². The summed E-state index contributed by atoms with van der Waals surface area (Å²) in [5.41, 5.74) is 2.39. The Morgan fingerprint density at radius 2 is 2.03 bits per heavy atom. The maximum absolute atomic E-state index is 14.4. The summed E-state index contributed by atoms with van der Waals surface area (Å²) in [5.74, 6) is -0.856. The number of aromatic nitrogens is 4. The van der Waals surface area contributed by atoms with E-state index in [-0.39, 0.29) is 11.3 Å². The second kappa shape index (κ2) is 6.73. The van der Waals surface area contributed by atoms with Crippen molar-refractivity contribution in [2.24, 2.45) is 0 Å². The minimum absolute atomic E-state index is 0.0422. The molecule has 4 heterocycles. The van der Waals surface area contributed by atoms with Gasteiger partial charge in [-0.2, -0.15) is 4.39 Å². The fourth-order valence-electron chi connectivity index (χ4n) is 3.84. The molecule has 1 aliphatic heterocycles. The first-order chi connectivity index (χ1) is 14.0. The van der Waals surface area contributed by atoms with Crippen LogP contribution in [0.5, 0.6) is 0 Å². The summed E-state index contributed by atoms with van der Waals surface area (Å²) >= 11 is 0. The maximum atomic E-state index is 14.4. The molecule has 6 nitrogen and oxygen atoms in total. The number of fused-ring (bicyclic) bond motifs is 2. The lowest BCUT2D eigenvalue weighted by Gasteiger charge is -2.33. The molecule has 1 aromatic carbocycles. The van der Waals surface area contributed by atoms with Crippen LogP contribution >= 0.6 is 0 Å². The average Bonchev–Trinajstić information content (AvgIpc) is 3.02. The molecule has 5 rings (SSSR count). The van der Waals surface area contributed by atoms with Crippen molar-refractivity contribution in [3.8, 4) is 11.4 Å². The Bertz CT molecular complexity index is 1240. The van der Waals surface area contributed by atoms with E-state index >= 15 is 0 Å². The molecule has 0 spiro atoms. The smallest absolute Gasteiger partial charge is 0.220 e. The highest BCUT2D eigenvalue weighted by molar-refractivity contribution is 5.83. The van der Waals surface area contributed by atoms with Crippen molar-refractivity contribution in [2.45, 2.75) is 19.9 Å². The molecule has 0 aliphatic carbocycles. The highest BCUT2D eigenvalue weighted by atomic mass is 19.1. The Morgan fingerprint density at radius 3 is 2.86 bits per heavy atom. The summed E-state index contributed by atoms with van der Waals surface area (Å²) in [6.07, 6.45) is 3.20. The zero-order chi connectivity index (χ0) is 20.1. The van der Waals surface area contributed by atoms with E-state index in [9.17, 15) is 8.78 Å². The van der Waals surface area contributed by atoms with Crippen molar-refractivity contribution >= 4 is 22.2 Å². The number of nitrogens with zero attached hydrogens (tertiary/aromatic N) is 5. The third kappa shape index (κ3) is 3.09. The number of halogens is 2. The van der Waals surface area contributed by atoms with E-state index in [0.29, 0.717) is 17.4 Å². The predicted molar refractivity (Wildman–Crippen MR) is 108 cm³/mol. The molecular weight excluding hydrogens is 374 g/mol. The standard InChI is InChI=1S/C21H20F2N6/c1-12-10-28(6-5-24-12)16-3-4-18-14(7-16)9-25-20(27-18)15-8-17(22)21-26-13(2)19(23)29(21)11-15/h3-4,7-9,11-12,24H,5-6,10H2,1-2H3. The third-order valence-corrected chi connectivity index (χ3v) is 5.33. The molecule has 1 unspecified atom stereocenters. The van der Waals surface area contributed by atoms with Crippen LogP contribution in [0.3, 0.4) is 0 Å². The van der Waals surface area contributed by atoms with Crippen molar-refractivity contribution in [2.75, 3.05) is 24.5 Å². The van der Waals surface area contributed by atoms with Crippen molar-refractivity contribution in [1.29, 1.82) is 0 Å². The van der Waals surface area contributed by atoms with E-state index in [0.717, 1.165) is 40.6 Å². The van der Waals surface area contributed by atoms with Gasteiger partial charge in [0.2, 0.25) is 5.95 Å². The lowest BCUT2D eigenvalue weighted by atomic mass is 10.1. The van der Waals surface area contributed by atoms with E-state index in [1.807, 2.05) is 12.1 Å². The first-order valence-electron chi connectivity index (χ1n) is 9.59. The highest BCUT2D eigenvalue weighted by Crippen LogP contribution is 2.25. The van der Waals surface area contributed by atoms with E-state index in [1.54, 1.807) is 6.20 Å². The highest BCUT2D eigenvalue weighted by Gasteiger charge is 2.17. The number of hydrogen-bond acceptors (Lipinski definition) is 5. The summed E-state index contributed by atoms with van der Waals surface area (Å²) in [5, 5.41) is 4.34. The Balaban J connectivity index is 1.54. The van der Waals surface area contributed by atoms with E-state index < -0.39 is 11.8 Å². The molecule has 29 heavy (non-hydrogen) atoms. The number of pyridine rings is 1. The van der Waals surface area contributed by atoms with Gasteiger partial charge in [0.15, 0.2) is 17.3 Å². The second-order valence-corrected chi connectivity index (χ2v) is 7.50. The van der Waals surface area contributed by atoms with Crippen LogP contribution in [0.4, 0.5) is 14.5 Å². The molecule has 0 bridgehead atoms. The molecule has 3 aromatic heterocycles. The van der Waals surface area contributed by atoms with Crippen LogP contribution in [-0.2, 0) is 0 Å². The molecule has 8 heteroatoms. The summed E-state index contributed by atoms with van der Waals surface area (Å²) in [6, 6.07) is 7.79. The Kier molecular flexibility index (Phi) is 4.16. The monoisotopic (exact) mass is 394 g/mol. The van der Waals surface area contributed by atoms with Gasteiger partial charge in [0.1, 0.15) is 0 Å². The van der Waals surface area contributed by atoms with Gasteiger partial charge in [-0.25, -0.2) is 19.3 Å². The molecule has 0 saturated carbocycles. The minimum Gasteiger partial charge on any atom is -0.369 e. The van der Waals surface area contributed by atoms with Crippen LogP contribution in [0.2, 0.25) is 0 Å². The molecule has 4 aromatic rings. The summed E-state index contributed by atoms with van der Waals surface area (Å²) < 4.78 is 29.7. The molecule has 148 valence electrons. The van der Waals surface area contributed by atoms with Crippen LogP contribution in [0.1, 0.15) is 12.6 Å². The van der Waals surface area contributed by atoms with Crippen LogP contribution in [0.25, 0.3) is 27.9 Å². The summed E-state index contributed by atoms with van der Waals surface area (Å²) in [6.45, 7) is 6.52. The van der Waals surface area contributed by atoms with Gasteiger partial charge >= 0.3 is 0 Å². The van der Waals surface area contributed by atoms with Crippen LogP contribution in [-0.4, -0.2) is 45.0 Å². The molecule has 1 N–H and O–H groups in total. The van der Waals surface area contributed by atoms with E-state index in [1.165, 1.54) is 19.2 Å². The molecule has 1 atom stereocenters. The lowest BCUT2D eigenvalue weighted by molar-refractivity contribution is 0.485. The largest absolute Gasteiger partial charge is 0.369 e. The van der Waals surface area contributed by atoms with E-state index in [4.69, 9.17) is 0 Å². The van der Waals surface area contributed by atoms with Gasteiger partial charge in [0.25, 0.3) is 0 Å². The van der Waals surface area contributed by atoms with Crippen molar-refractivity contribution in [1.82, 2.24) is 24.7 Å². The topological polar surface area (TPSA) is 58.4 Å². The number of rotatable bonds is 2. The van der Waals surface area contributed by atoms with Gasteiger partial charge in [-0.3, -0.25) is 4.40 Å². The molecule has 1 aliphatic rings. The molecule has 1 saturated heterocycles. The van der Waals surface area contributed by atoms with E-state index in [2.05, 4.69) is 38.2 Å². The lowest BCUT2D eigenvalue weighted by Crippen LogP contribution is -2.49. The first-order valence-corrected chi connectivity index (χ1v) is 9.59. The van der Waals surface area contributed by atoms with Gasteiger partial charge in [-0.1, -0.05) is 0 Å². The summed E-state index contributed by atoms with van der Waals surface area (Å²) in [7, 11) is 0. The average molecular weight is 394 g/mol. The summed E-state index contributed by atoms with van der Waals surface area (Å²) in [4.78, 5) is 15.2. The number of aryl methyl sites for hydroxylation is 1. The predicted octanol–water partition coefficient (Wildman–Crippen LogP) is 3.33. The van der Waals surface area contributed by atoms with Gasteiger partial charge in [-0.05, 0) is 38.1 Å². The Morgan fingerprint density at radius 1 is 1.17 bits per heavy atom. The number of imidazole rings is 1. The zero-order valence-corrected chi connectivity index (χ0v) is 16.2. The second-order valence-electron chi connectivity index (χ2n) is 7.50. The zero-order valence-electron chi connectivity index (χ0n) is 16.2. The first kappa shape index (κ1) is 17.9. The Hall–Kier alpha value is -3.13. The fraction of sp³-hybridized carbons (Fsp3) is 0.286. The van der Waals surface area contributed by atoms with Crippen LogP contribution in [0.15, 0.2) is 36.7 Å². The number of nitrogens with one attached hydrogen (secondary N) is 1. The molecular formula is C21H20F2N6. The van der Waals surface area contributed by atoms with Crippen molar-refractivity contribution in [3.63, 3.8) is 0 Å². The molecule has 1 fully saturated rings. The normalized spacial score (nSPS) is 17.4. The number of benzene rings is 1. The quantitative estimate of drug-likeness (QED) is 0.565. The van der Waals surface area contributed by atoms with Gasteiger partial charge in [0.05, 0.1) is 11.2 Å². The number of piperazine rings is 1. The Labute approximate surface area is 166 Å². The van der Waals surface area contributed by atoms with Crippen LogP contribution in [0, 0.1) is 18.7 Å². The third-order valence-electron chi connectivity index (χ3n) is 5.33. The fourth-order valence-corrected chi connectivity index (χ4v) is 3.84. The SMILES string of the molecule is Cc1nc2c(F)cc(-c3ncc4cc(N5CCNC(C)C5)ccc4n3)cn2c1F. The minimum atomic E-state index is -0.610. The van der Waals surface area contributed by atoms with Crippen molar-refractivity contribution < 1.29 is 8.78 Å². The van der Waals surface area contributed by atoms with Gasteiger partial charge in [-0.15, -0.1) is 0 Å².